The molecule has 0 aliphatic carbocycles. The lowest BCUT2D eigenvalue weighted by atomic mass is 10.1. The zero-order valence-electron chi connectivity index (χ0n) is 9.36. The first kappa shape index (κ1) is 9.97. The molecule has 84 valence electrons. The molecule has 2 aromatic rings. The van der Waals surface area contributed by atoms with Gasteiger partial charge in [0.05, 0.1) is 0 Å². The molecular weight excluding hydrogens is 210 g/mol. The molecule has 0 saturated heterocycles. The van der Waals surface area contributed by atoms with Gasteiger partial charge in [-0.1, -0.05) is 48.5 Å². The van der Waals surface area contributed by atoms with E-state index in [0.29, 0.717) is 0 Å². The molecule has 0 bridgehead atoms. The second-order valence-corrected chi connectivity index (χ2v) is 3.93. The van der Waals surface area contributed by atoms with Gasteiger partial charge in [0.15, 0.2) is 0 Å². The minimum Gasteiger partial charge on any atom is -0.472 e. The Labute approximate surface area is 101 Å². The van der Waals surface area contributed by atoms with Crippen LogP contribution in [0.3, 0.4) is 0 Å². The van der Waals surface area contributed by atoms with E-state index in [1.54, 1.807) is 6.26 Å². The molecule has 2 aromatic carbocycles. The van der Waals surface area contributed by atoms with Crippen LogP contribution in [0, 0.1) is 0 Å². The maximum Gasteiger partial charge on any atom is 0.201 e. The van der Waals surface area contributed by atoms with Crippen molar-refractivity contribution in [2.24, 2.45) is 0 Å². The van der Waals surface area contributed by atoms with Crippen molar-refractivity contribution in [3.05, 3.63) is 78.7 Å². The predicted molar refractivity (Wildman–Crippen MR) is 68.3 cm³/mol. The summed E-state index contributed by atoms with van der Waals surface area (Å²) in [6.45, 7) is 0. The number of anilines is 1. The smallest absolute Gasteiger partial charge is 0.201 e. The van der Waals surface area contributed by atoms with Crippen molar-refractivity contribution < 1.29 is 4.74 Å². The van der Waals surface area contributed by atoms with Gasteiger partial charge >= 0.3 is 0 Å². The van der Waals surface area contributed by atoms with Gasteiger partial charge in [0, 0.05) is 17.5 Å². The van der Waals surface area contributed by atoms with Crippen LogP contribution in [0.1, 0.15) is 11.8 Å². The van der Waals surface area contributed by atoms with Crippen LogP contribution in [0.2, 0.25) is 0 Å². The van der Waals surface area contributed by atoms with E-state index in [1.165, 1.54) is 0 Å². The van der Waals surface area contributed by atoms with Crippen LogP contribution in [0.4, 0.5) is 5.69 Å². The van der Waals surface area contributed by atoms with E-state index in [4.69, 9.17) is 4.74 Å². The average Bonchev–Trinajstić information content (AvgIpc) is 2.90. The summed E-state index contributed by atoms with van der Waals surface area (Å²) in [5, 5.41) is 0. The van der Waals surface area contributed by atoms with Crippen LogP contribution in [0.15, 0.2) is 73.1 Å². The molecule has 0 amide bonds. The van der Waals surface area contributed by atoms with Gasteiger partial charge < -0.3 is 9.64 Å². The van der Waals surface area contributed by atoms with Crippen molar-refractivity contribution in [3.8, 4) is 0 Å². The Bertz CT molecular complexity index is 507. The highest BCUT2D eigenvalue weighted by molar-refractivity contribution is 5.51. The first-order valence-corrected chi connectivity index (χ1v) is 5.65. The fraction of sp³-hybridized carbons (Fsp3) is 0.0667. The molecule has 3 rings (SSSR count). The maximum atomic E-state index is 5.65. The van der Waals surface area contributed by atoms with E-state index < -0.39 is 0 Å². The van der Waals surface area contributed by atoms with Crippen LogP contribution in [-0.2, 0) is 4.74 Å². The van der Waals surface area contributed by atoms with Gasteiger partial charge in [-0.2, -0.15) is 0 Å². The largest absolute Gasteiger partial charge is 0.472 e. The molecule has 1 heterocycles. The van der Waals surface area contributed by atoms with Crippen molar-refractivity contribution in [3.63, 3.8) is 0 Å². The van der Waals surface area contributed by atoms with Crippen molar-refractivity contribution in [2.75, 3.05) is 4.90 Å². The van der Waals surface area contributed by atoms with E-state index in [0.717, 1.165) is 11.3 Å². The molecule has 0 radical (unpaired) electrons. The molecular formula is C15H13NO. The molecule has 0 fully saturated rings. The summed E-state index contributed by atoms with van der Waals surface area (Å²) in [7, 11) is 0. The van der Waals surface area contributed by atoms with Crippen LogP contribution >= 0.6 is 0 Å². The van der Waals surface area contributed by atoms with Gasteiger partial charge in [-0.3, -0.25) is 0 Å². The highest BCUT2D eigenvalue weighted by Gasteiger charge is 2.23. The topological polar surface area (TPSA) is 12.5 Å². The third-order valence-corrected chi connectivity index (χ3v) is 2.82. The number of nitrogens with zero attached hydrogens (tertiary/aromatic N) is 1. The first-order chi connectivity index (χ1) is 8.45. The molecule has 2 heteroatoms. The van der Waals surface area contributed by atoms with Gasteiger partial charge in [-0.25, -0.2) is 0 Å². The third kappa shape index (κ3) is 1.89. The number of hydrogen-bond acceptors (Lipinski definition) is 2. The molecule has 1 unspecified atom stereocenters. The van der Waals surface area contributed by atoms with Crippen LogP contribution in [0.5, 0.6) is 0 Å². The minimum atomic E-state index is -0.0569. The number of rotatable bonds is 2. The van der Waals surface area contributed by atoms with Crippen LogP contribution in [-0.4, -0.2) is 0 Å². The average molecular weight is 223 g/mol. The van der Waals surface area contributed by atoms with Gasteiger partial charge in [-0.05, 0) is 12.1 Å². The SMILES string of the molecule is C1=CN(c2ccccc2)C(c2ccccc2)O1. The molecule has 2 nitrogen and oxygen atoms in total. The van der Waals surface area contributed by atoms with E-state index in [9.17, 15) is 0 Å². The molecule has 17 heavy (non-hydrogen) atoms. The van der Waals surface area contributed by atoms with Crippen molar-refractivity contribution in [1.82, 2.24) is 0 Å². The van der Waals surface area contributed by atoms with Crippen LogP contribution < -0.4 is 4.90 Å². The van der Waals surface area contributed by atoms with Crippen molar-refractivity contribution in [2.45, 2.75) is 6.23 Å². The Morgan fingerprint density at radius 2 is 1.47 bits per heavy atom. The van der Waals surface area contributed by atoms with Gasteiger partial charge in [0.1, 0.15) is 6.26 Å². The summed E-state index contributed by atoms with van der Waals surface area (Å²) < 4.78 is 5.65. The summed E-state index contributed by atoms with van der Waals surface area (Å²) in [6.07, 6.45) is 3.65. The summed E-state index contributed by atoms with van der Waals surface area (Å²) in [5.74, 6) is 0. The fourth-order valence-electron chi connectivity index (χ4n) is 2.00. The number of benzene rings is 2. The highest BCUT2D eigenvalue weighted by Crippen LogP contribution is 2.32. The van der Waals surface area contributed by atoms with Crippen molar-refractivity contribution >= 4 is 5.69 Å². The normalized spacial score (nSPS) is 18.1. The lowest BCUT2D eigenvalue weighted by Crippen LogP contribution is -2.19. The monoisotopic (exact) mass is 223 g/mol. The fourth-order valence-corrected chi connectivity index (χ4v) is 2.00. The number of hydrogen-bond donors (Lipinski definition) is 0. The first-order valence-electron chi connectivity index (χ1n) is 5.65. The van der Waals surface area contributed by atoms with E-state index in [1.807, 2.05) is 42.6 Å². The maximum absolute atomic E-state index is 5.65. The molecule has 0 saturated carbocycles. The summed E-state index contributed by atoms with van der Waals surface area (Å²) in [5.41, 5.74) is 2.29. The summed E-state index contributed by atoms with van der Waals surface area (Å²) in [6, 6.07) is 20.5. The molecule has 1 aliphatic rings. The predicted octanol–water partition coefficient (Wildman–Crippen LogP) is 3.69. The number of ether oxygens (including phenoxy) is 1. The molecule has 0 spiro atoms. The van der Waals surface area contributed by atoms with E-state index >= 15 is 0 Å². The van der Waals surface area contributed by atoms with Gasteiger partial charge in [0.2, 0.25) is 6.23 Å². The molecule has 0 aromatic heterocycles. The number of para-hydroxylation sites is 1. The Balaban J connectivity index is 1.93. The lowest BCUT2D eigenvalue weighted by Gasteiger charge is -2.24. The van der Waals surface area contributed by atoms with Gasteiger partial charge in [0.25, 0.3) is 0 Å². The van der Waals surface area contributed by atoms with Gasteiger partial charge in [-0.15, -0.1) is 0 Å². The summed E-state index contributed by atoms with van der Waals surface area (Å²) >= 11 is 0. The third-order valence-electron chi connectivity index (χ3n) is 2.82. The van der Waals surface area contributed by atoms with E-state index in [2.05, 4.69) is 29.2 Å². The Morgan fingerprint density at radius 3 is 2.18 bits per heavy atom. The highest BCUT2D eigenvalue weighted by atomic mass is 16.5. The molecule has 1 atom stereocenters. The standard InChI is InChI=1S/C15H13NO/c1-3-7-13(8-4-1)15-16(11-12-17-15)14-9-5-2-6-10-14/h1-12,15H. The molecule has 1 aliphatic heterocycles. The Hall–Kier alpha value is -2.22. The lowest BCUT2D eigenvalue weighted by molar-refractivity contribution is 0.174. The minimum absolute atomic E-state index is 0.0569. The van der Waals surface area contributed by atoms with Crippen LogP contribution in [0.25, 0.3) is 0 Å². The van der Waals surface area contributed by atoms with Crippen molar-refractivity contribution in [1.29, 1.82) is 0 Å². The second kappa shape index (κ2) is 4.34. The second-order valence-electron chi connectivity index (χ2n) is 3.93. The van der Waals surface area contributed by atoms with E-state index in [-0.39, 0.29) is 6.23 Å². The zero-order chi connectivity index (χ0) is 11.5. The Kier molecular flexibility index (Phi) is 2.54. The zero-order valence-corrected chi connectivity index (χ0v) is 9.36. The molecule has 0 N–H and O–H groups in total. The Morgan fingerprint density at radius 1 is 0.824 bits per heavy atom. The summed E-state index contributed by atoms with van der Waals surface area (Å²) in [4.78, 5) is 2.12. The quantitative estimate of drug-likeness (QED) is 0.769.